The van der Waals surface area contributed by atoms with E-state index >= 15 is 0 Å². The van der Waals surface area contributed by atoms with Gasteiger partial charge < -0.3 is 25.6 Å². The number of aromatic nitrogens is 4. The maximum Gasteiger partial charge on any atom is 0.404 e. The van der Waals surface area contributed by atoms with Gasteiger partial charge in [-0.2, -0.15) is 0 Å². The molecule has 4 N–H and O–H groups in total. The Bertz CT molecular complexity index is 2450. The van der Waals surface area contributed by atoms with Crippen molar-refractivity contribution < 1.29 is 45.8 Å². The number of nitrogens with zero attached hydrogens (tertiary/aromatic N) is 4. The average molecular weight is 906 g/mol. The molecule has 5 aromatic rings. The minimum atomic E-state index is -4.12. The monoisotopic (exact) mass is 904 g/mol. The van der Waals surface area contributed by atoms with Crippen LogP contribution in [-0.2, 0) is 32.9 Å². The van der Waals surface area contributed by atoms with Crippen LogP contribution in [0.15, 0.2) is 106 Å². The van der Waals surface area contributed by atoms with E-state index in [1.165, 1.54) is 80.7 Å². The van der Waals surface area contributed by atoms with E-state index in [0.29, 0.717) is 27.9 Å². The number of nitrogens with one attached hydrogen (secondary N) is 2. The Kier molecular flexibility index (Phi) is 14.2. The summed E-state index contributed by atoms with van der Waals surface area (Å²) in [6.45, 7) is 11.4. The van der Waals surface area contributed by atoms with Crippen molar-refractivity contribution in [3.05, 3.63) is 113 Å². The van der Waals surface area contributed by atoms with Crippen molar-refractivity contribution in [1.82, 2.24) is 28.5 Å². The number of hydrogen-bond donors (Lipinski definition) is 4. The van der Waals surface area contributed by atoms with Gasteiger partial charge in [0.25, 0.3) is 20.0 Å². The molecule has 19 heteroatoms. The number of benzene rings is 1. The fourth-order valence-corrected chi connectivity index (χ4v) is 9.29. The zero-order chi connectivity index (χ0) is 43.2. The van der Waals surface area contributed by atoms with Crippen LogP contribution >= 0.6 is 15.9 Å². The highest BCUT2D eigenvalue weighted by Crippen LogP contribution is 2.33. The molecule has 0 radical (unpaired) electrons. The number of hydrogen-bond acceptors (Lipinski definition) is 9. The van der Waals surface area contributed by atoms with Crippen molar-refractivity contribution in [2.75, 3.05) is 7.11 Å². The lowest BCUT2D eigenvalue weighted by Gasteiger charge is -2.30. The van der Waals surface area contributed by atoms with E-state index in [2.05, 4.69) is 36.5 Å². The summed E-state index contributed by atoms with van der Waals surface area (Å²) in [7, 11) is -6.46. The van der Waals surface area contributed by atoms with Crippen molar-refractivity contribution in [2.24, 2.45) is 10.8 Å². The predicted molar refractivity (Wildman–Crippen MR) is 218 cm³/mol. The molecule has 0 saturated heterocycles. The zero-order valence-corrected chi connectivity index (χ0v) is 36.1. The lowest BCUT2D eigenvalue weighted by atomic mass is 9.83. The number of rotatable bonds is 12. The first-order chi connectivity index (χ1) is 26.9. The molecular formula is C39H46BrFN6O9S2. The third-order valence-corrected chi connectivity index (χ3v) is 13.2. The largest absolute Gasteiger partial charge is 0.497 e. The molecule has 4 aromatic heterocycles. The number of ether oxygens (including phenoxy) is 1. The second kappa shape index (κ2) is 18.1. The molecule has 2 unspecified atom stereocenters. The Labute approximate surface area is 345 Å². The van der Waals surface area contributed by atoms with Gasteiger partial charge in [0.1, 0.15) is 26.0 Å². The van der Waals surface area contributed by atoms with Crippen molar-refractivity contribution in [3.8, 4) is 17.0 Å². The number of pyridine rings is 2. The first kappa shape index (κ1) is 45.4. The van der Waals surface area contributed by atoms with Crippen molar-refractivity contribution >= 4 is 48.2 Å². The third-order valence-electron chi connectivity index (χ3n) is 9.04. The van der Waals surface area contributed by atoms with Crippen LogP contribution in [0.4, 0.5) is 14.0 Å². The smallest absolute Gasteiger partial charge is 0.404 e. The highest BCUT2D eigenvalue weighted by Gasteiger charge is 2.31. The highest BCUT2D eigenvalue weighted by molar-refractivity contribution is 9.10. The first-order valence-corrected chi connectivity index (χ1v) is 21.3. The predicted octanol–water partition coefficient (Wildman–Crippen LogP) is 7.27. The van der Waals surface area contributed by atoms with E-state index in [1.54, 1.807) is 18.2 Å². The van der Waals surface area contributed by atoms with Gasteiger partial charge in [0, 0.05) is 54.8 Å². The van der Waals surface area contributed by atoms with E-state index in [-0.39, 0.29) is 38.9 Å². The molecule has 1 aromatic carbocycles. The second-order valence-electron chi connectivity index (χ2n) is 15.4. The summed E-state index contributed by atoms with van der Waals surface area (Å²) < 4.78 is 74.8. The van der Waals surface area contributed by atoms with Crippen LogP contribution in [-0.4, -0.2) is 76.3 Å². The zero-order valence-electron chi connectivity index (χ0n) is 32.8. The van der Waals surface area contributed by atoms with E-state index < -0.39 is 49.5 Å². The van der Waals surface area contributed by atoms with E-state index in [0.717, 1.165) is 7.94 Å². The Morgan fingerprint density at radius 1 is 0.776 bits per heavy atom. The van der Waals surface area contributed by atoms with Crippen LogP contribution in [0, 0.1) is 16.6 Å². The van der Waals surface area contributed by atoms with Crippen LogP contribution in [0.1, 0.15) is 52.7 Å². The number of carbonyl (C=O) groups is 2. The number of carboxylic acid groups (broad SMARTS) is 2. The van der Waals surface area contributed by atoms with Gasteiger partial charge in [-0.05, 0) is 105 Å². The van der Waals surface area contributed by atoms with Gasteiger partial charge in [-0.25, -0.2) is 38.8 Å². The molecule has 0 saturated carbocycles. The quantitative estimate of drug-likeness (QED) is 0.0978. The molecule has 15 nitrogen and oxygen atoms in total. The fourth-order valence-electron chi connectivity index (χ4n) is 5.74. The summed E-state index contributed by atoms with van der Waals surface area (Å²) >= 11 is 3.27. The normalized spacial score (nSPS) is 13.1. The average Bonchev–Trinajstić information content (AvgIpc) is 3.75. The van der Waals surface area contributed by atoms with Gasteiger partial charge in [0.05, 0.1) is 12.8 Å². The number of methoxy groups -OCH3 is 1. The molecule has 4 heterocycles. The molecule has 2 amide bonds. The molecule has 5 rings (SSSR count). The van der Waals surface area contributed by atoms with Crippen LogP contribution in [0.3, 0.4) is 0 Å². The van der Waals surface area contributed by atoms with Gasteiger partial charge in [-0.3, -0.25) is 9.97 Å². The Hall–Kier alpha value is -5.27. The Morgan fingerprint density at radius 2 is 1.24 bits per heavy atom. The molecule has 0 aliphatic rings. The first-order valence-electron chi connectivity index (χ1n) is 17.7. The Balaban J connectivity index is 0.000000267. The summed E-state index contributed by atoms with van der Waals surface area (Å²) in [5.41, 5.74) is 0.570. The van der Waals surface area contributed by atoms with Crippen molar-refractivity contribution in [1.29, 1.82) is 0 Å². The van der Waals surface area contributed by atoms with Gasteiger partial charge in [0.2, 0.25) is 0 Å². The van der Waals surface area contributed by atoms with Gasteiger partial charge >= 0.3 is 12.2 Å². The SMILES string of the molecule is CC(C)(C)C(Cc1cc(Br)n(S(=O)(=O)c2cccnc2)c1)NC(=O)O.COc1ccc(F)c(-c2cc(CC(NC(=O)O)C(C)(C)C)cn2S(=O)(=O)c2cccnc2)c1. The summed E-state index contributed by atoms with van der Waals surface area (Å²) in [5, 5.41) is 23.3. The lowest BCUT2D eigenvalue weighted by molar-refractivity contribution is 0.173. The maximum absolute atomic E-state index is 14.8. The molecular weight excluding hydrogens is 859 g/mol. The van der Waals surface area contributed by atoms with E-state index in [4.69, 9.17) is 9.84 Å². The fraction of sp³-hybridized carbons (Fsp3) is 0.333. The van der Waals surface area contributed by atoms with Crippen LogP contribution in [0.2, 0.25) is 0 Å². The molecule has 2 atom stereocenters. The van der Waals surface area contributed by atoms with Gasteiger partial charge in [-0.15, -0.1) is 0 Å². The molecule has 0 bridgehead atoms. The summed E-state index contributed by atoms with van der Waals surface area (Å²) in [6.07, 6.45) is 6.60. The number of amides is 2. The van der Waals surface area contributed by atoms with Crippen molar-refractivity contribution in [3.63, 3.8) is 0 Å². The third kappa shape index (κ3) is 11.2. The van der Waals surface area contributed by atoms with Crippen LogP contribution in [0.5, 0.6) is 5.75 Å². The maximum atomic E-state index is 14.8. The molecule has 0 aliphatic heterocycles. The van der Waals surface area contributed by atoms with Crippen LogP contribution in [0.25, 0.3) is 11.3 Å². The van der Waals surface area contributed by atoms with E-state index in [1.807, 2.05) is 41.5 Å². The summed E-state index contributed by atoms with van der Waals surface area (Å²) in [4.78, 5) is 30.1. The van der Waals surface area contributed by atoms with Gasteiger partial charge in [-0.1, -0.05) is 41.5 Å². The molecule has 0 spiro atoms. The molecule has 0 fully saturated rings. The topological polar surface area (TPSA) is 212 Å². The minimum absolute atomic E-state index is 0.0339. The Morgan fingerprint density at radius 3 is 1.67 bits per heavy atom. The molecule has 312 valence electrons. The summed E-state index contributed by atoms with van der Waals surface area (Å²) in [5.74, 6) is -0.265. The van der Waals surface area contributed by atoms with Crippen molar-refractivity contribution in [2.45, 2.75) is 76.3 Å². The standard InChI is InChI=1S/C23H26FN3O5S.C16H20BrN3O4S/c1-23(2,3)21(26-22(28)29)11-15-10-20(18-12-16(32-4)7-8-19(18)24)27(14-15)33(30,31)17-6-5-9-25-13-17;1-16(2,3)13(19-15(21)22)7-11-8-14(17)20(10-11)25(23,24)12-5-4-6-18-9-12/h5-10,12-14,21,26H,11H2,1-4H3,(H,28,29);4-6,8-10,13,19H,7H2,1-3H3,(H,21,22). The number of halogens is 2. The highest BCUT2D eigenvalue weighted by atomic mass is 79.9. The molecule has 58 heavy (non-hydrogen) atoms. The van der Waals surface area contributed by atoms with E-state index in [9.17, 15) is 35.9 Å². The molecule has 0 aliphatic carbocycles. The lowest BCUT2D eigenvalue weighted by Crippen LogP contribution is -2.44. The second-order valence-corrected chi connectivity index (χ2v) is 19.8. The minimum Gasteiger partial charge on any atom is -0.497 e. The van der Waals surface area contributed by atoms with Crippen LogP contribution < -0.4 is 15.4 Å². The van der Waals surface area contributed by atoms with Gasteiger partial charge in [0.15, 0.2) is 0 Å². The summed E-state index contributed by atoms with van der Waals surface area (Å²) in [6, 6.07) is 12.3.